The summed E-state index contributed by atoms with van der Waals surface area (Å²) in [5.74, 6) is -3.07. The Morgan fingerprint density at radius 3 is 2.71 bits per heavy atom. The van der Waals surface area contributed by atoms with Crippen molar-refractivity contribution < 1.29 is 42.4 Å². The van der Waals surface area contributed by atoms with Crippen molar-refractivity contribution in [3.05, 3.63) is 23.0 Å². The largest absolute Gasteiger partial charge is 0.394 e. The number of nitrogens with zero attached hydrogens (tertiary/aromatic N) is 8. The van der Waals surface area contributed by atoms with Gasteiger partial charge in [-0.05, 0) is 11.8 Å². The number of anilines is 2. The van der Waals surface area contributed by atoms with Crippen molar-refractivity contribution in [2.24, 2.45) is 0 Å². The minimum atomic E-state index is -4.50. The molecule has 4 aromatic rings. The van der Waals surface area contributed by atoms with Gasteiger partial charge < -0.3 is 40.6 Å². The number of alkyl halides is 2. The molecule has 42 heavy (non-hydrogen) atoms. The molecule has 0 bridgehead atoms. The fourth-order valence-corrected chi connectivity index (χ4v) is 6.37. The van der Waals surface area contributed by atoms with Gasteiger partial charge >= 0.3 is 6.72 Å². The van der Waals surface area contributed by atoms with E-state index in [4.69, 9.17) is 41.8 Å². The van der Waals surface area contributed by atoms with E-state index in [9.17, 15) is 19.9 Å². The van der Waals surface area contributed by atoms with E-state index in [-0.39, 0.29) is 34.1 Å². The number of halogens is 2. The van der Waals surface area contributed by atoms with Gasteiger partial charge in [0.25, 0.3) is 11.4 Å². The van der Waals surface area contributed by atoms with Gasteiger partial charge in [0, 0.05) is 0 Å². The summed E-state index contributed by atoms with van der Waals surface area (Å²) in [6, 6.07) is 0. The molecule has 6 rings (SSSR count). The molecule has 7 atom stereocenters. The quantitative estimate of drug-likeness (QED) is 0.110. The van der Waals surface area contributed by atoms with Crippen molar-refractivity contribution in [1.82, 2.24) is 44.5 Å². The Hall–Kier alpha value is -3.34. The molecule has 4 aromatic heterocycles. The van der Waals surface area contributed by atoms with E-state index in [0.717, 1.165) is 17.2 Å². The summed E-state index contributed by atoms with van der Waals surface area (Å²) in [6.45, 7) is -7.37. The van der Waals surface area contributed by atoms with E-state index in [2.05, 4.69) is 35.2 Å². The summed E-state index contributed by atoms with van der Waals surface area (Å²) in [7, 11) is 0. The number of fused-ring (bicyclic) bond motifs is 2. The molecule has 23 heteroatoms. The number of nitrogens with two attached hydrogens (primary N) is 2. The second-order valence-electron chi connectivity index (χ2n) is 9.42. The molecule has 0 spiro atoms. The molecule has 2 aliphatic heterocycles. The second-order valence-corrected chi connectivity index (χ2v) is 12.2. The number of aromatic nitrogens is 9. The van der Waals surface area contributed by atoms with Crippen LogP contribution in [0.15, 0.2) is 17.4 Å². The molecular weight excluding hydrogens is 611 g/mol. The number of aromatic amines is 1. The topological polar surface area (TPSA) is 270 Å². The highest BCUT2D eigenvalue weighted by molar-refractivity contribution is 8.07. The SMILES string of the molecule is Nc1nc2c(ncn2[C@@]2(OP(O)(=S)OC[C@H]3OC[C@@](F)(n4nnc5c(N)ncnc54)[C@@H]3O)CO[C@H](CO)[C@H]2F)c(=O)[nH]1. The zero-order valence-corrected chi connectivity index (χ0v) is 22.7. The standard InChI is InChI=1S/C19H22F2N11O8PS/c20-11-7(1-33)38-4-19(11,31-6-26-10-15(31)27-17(23)28-16(10)35)40-41(36,42)39-2-8-12(34)18(21,3-37-8)32-14-9(29-30-32)13(22)24-5-25-14/h5-8,11-12,33-34H,1-4H2,(H,36,42)(H2,22,24,25)(H3,23,27,28,35)/t7-,8-,11-,12-,18-,19-,41?/m1/s1. The van der Waals surface area contributed by atoms with Crippen molar-refractivity contribution in [3.63, 3.8) is 0 Å². The van der Waals surface area contributed by atoms with Crippen LogP contribution in [0.3, 0.4) is 0 Å². The van der Waals surface area contributed by atoms with Crippen LogP contribution in [0.5, 0.6) is 0 Å². The minimum Gasteiger partial charge on any atom is -0.394 e. The molecule has 2 aliphatic rings. The number of nitrogens with one attached hydrogen (secondary N) is 1. The molecule has 19 nitrogen and oxygen atoms in total. The number of aliphatic hydroxyl groups excluding tert-OH is 2. The van der Waals surface area contributed by atoms with Crippen LogP contribution >= 0.6 is 6.72 Å². The first-order valence-electron chi connectivity index (χ1n) is 12.0. The van der Waals surface area contributed by atoms with E-state index in [1.807, 2.05) is 0 Å². The molecular formula is C19H22F2N11O8PS. The number of ether oxygens (including phenoxy) is 2. The second kappa shape index (κ2) is 10.1. The maximum absolute atomic E-state index is 16.0. The Labute approximate surface area is 236 Å². The van der Waals surface area contributed by atoms with Crippen molar-refractivity contribution in [1.29, 1.82) is 0 Å². The Bertz CT molecular complexity index is 1780. The summed E-state index contributed by atoms with van der Waals surface area (Å²) in [5.41, 5.74) is 7.69. The van der Waals surface area contributed by atoms with Gasteiger partial charge in [0.1, 0.15) is 31.2 Å². The smallest absolute Gasteiger partial charge is 0.326 e. The first-order chi connectivity index (χ1) is 19.9. The number of imidazole rings is 1. The molecule has 6 heterocycles. The highest BCUT2D eigenvalue weighted by Crippen LogP contribution is 2.54. The molecule has 1 unspecified atom stereocenters. The van der Waals surface area contributed by atoms with Gasteiger partial charge in [0.2, 0.25) is 11.7 Å². The lowest BCUT2D eigenvalue weighted by molar-refractivity contribution is -0.0754. The van der Waals surface area contributed by atoms with Gasteiger partial charge in [-0.1, -0.05) is 5.21 Å². The van der Waals surface area contributed by atoms with Gasteiger partial charge in [-0.3, -0.25) is 18.9 Å². The van der Waals surface area contributed by atoms with Crippen LogP contribution in [0.25, 0.3) is 22.3 Å². The Morgan fingerprint density at radius 1 is 1.21 bits per heavy atom. The lowest BCUT2D eigenvalue weighted by Gasteiger charge is -2.34. The van der Waals surface area contributed by atoms with E-state index < -0.39 is 74.7 Å². The third-order valence-corrected chi connectivity index (χ3v) is 8.44. The summed E-state index contributed by atoms with van der Waals surface area (Å²) in [4.78, 5) is 41.1. The first kappa shape index (κ1) is 28.8. The van der Waals surface area contributed by atoms with Crippen molar-refractivity contribution >= 4 is 52.6 Å². The number of rotatable bonds is 8. The maximum atomic E-state index is 16.0. The van der Waals surface area contributed by atoms with Gasteiger partial charge in [-0.2, -0.15) is 9.67 Å². The van der Waals surface area contributed by atoms with Gasteiger partial charge in [-0.25, -0.2) is 23.7 Å². The number of hydrogen-bond acceptors (Lipinski definition) is 16. The Balaban J connectivity index is 1.25. The van der Waals surface area contributed by atoms with Crippen LogP contribution < -0.4 is 17.0 Å². The first-order valence-corrected chi connectivity index (χ1v) is 14.6. The van der Waals surface area contributed by atoms with E-state index in [1.54, 1.807) is 0 Å². The normalized spacial score (nSPS) is 31.3. The zero-order valence-electron chi connectivity index (χ0n) is 21.0. The molecule has 0 aliphatic carbocycles. The summed E-state index contributed by atoms with van der Waals surface area (Å²) in [6.07, 6.45) is -4.93. The molecule has 0 aromatic carbocycles. The average Bonchev–Trinajstić information content (AvgIpc) is 3.70. The van der Waals surface area contributed by atoms with Crippen LogP contribution in [0, 0.1) is 0 Å². The lowest BCUT2D eigenvalue weighted by atomic mass is 10.1. The van der Waals surface area contributed by atoms with Crippen molar-refractivity contribution in [2.45, 2.75) is 36.0 Å². The van der Waals surface area contributed by atoms with E-state index in [1.165, 1.54) is 0 Å². The summed E-state index contributed by atoms with van der Waals surface area (Å²) < 4.78 is 55.1. The zero-order chi connectivity index (χ0) is 30.0. The van der Waals surface area contributed by atoms with Gasteiger partial charge in [0.15, 0.2) is 34.3 Å². The van der Waals surface area contributed by atoms with Gasteiger partial charge in [-0.15, -0.1) is 5.10 Å². The minimum absolute atomic E-state index is 0.00279. The predicted molar refractivity (Wildman–Crippen MR) is 138 cm³/mol. The summed E-state index contributed by atoms with van der Waals surface area (Å²) in [5, 5.41) is 27.8. The molecule has 0 amide bonds. The third-order valence-electron chi connectivity index (χ3n) is 6.87. The van der Waals surface area contributed by atoms with Crippen LogP contribution in [0.1, 0.15) is 0 Å². The highest BCUT2D eigenvalue weighted by Gasteiger charge is 2.58. The van der Waals surface area contributed by atoms with E-state index in [0.29, 0.717) is 4.68 Å². The number of aliphatic hydroxyl groups is 2. The van der Waals surface area contributed by atoms with Crippen molar-refractivity contribution in [2.75, 3.05) is 37.9 Å². The fraction of sp³-hybridized carbons (Fsp3) is 0.526. The number of H-pyrrole nitrogens is 1. The van der Waals surface area contributed by atoms with Crippen LogP contribution in [-0.4, -0.2) is 110 Å². The monoisotopic (exact) mass is 633 g/mol. The molecule has 226 valence electrons. The third kappa shape index (κ3) is 4.42. The Morgan fingerprint density at radius 2 is 1.98 bits per heavy atom. The maximum Gasteiger partial charge on any atom is 0.326 e. The molecule has 2 saturated heterocycles. The Kier molecular flexibility index (Phi) is 6.94. The molecule has 2 fully saturated rings. The lowest BCUT2D eigenvalue weighted by Crippen LogP contribution is -2.47. The molecule has 8 N–H and O–H groups in total. The van der Waals surface area contributed by atoms with Crippen molar-refractivity contribution in [3.8, 4) is 0 Å². The fourth-order valence-electron chi connectivity index (χ4n) is 4.77. The average molecular weight is 633 g/mol. The summed E-state index contributed by atoms with van der Waals surface area (Å²) >= 11 is 5.12. The predicted octanol–water partition coefficient (Wildman–Crippen LogP) is -2.47. The van der Waals surface area contributed by atoms with Gasteiger partial charge in [0.05, 0.1) is 26.1 Å². The highest BCUT2D eigenvalue weighted by atomic mass is 32.5. The molecule has 0 radical (unpaired) electrons. The van der Waals surface area contributed by atoms with E-state index >= 15 is 8.78 Å². The van der Waals surface area contributed by atoms with Crippen LogP contribution in [0.2, 0.25) is 0 Å². The van der Waals surface area contributed by atoms with Crippen LogP contribution in [0.4, 0.5) is 20.5 Å². The molecule has 0 saturated carbocycles. The number of hydrogen-bond donors (Lipinski definition) is 6. The number of nitrogen functional groups attached to an aromatic ring is 2. The van der Waals surface area contributed by atoms with Crippen LogP contribution in [-0.2, 0) is 41.8 Å².